The number of hydrogen-bond donors (Lipinski definition) is 0. The second kappa shape index (κ2) is 8.73. The molecule has 0 N–H and O–H groups in total. The molecule has 0 bridgehead atoms. The van der Waals surface area contributed by atoms with Gasteiger partial charge in [0.2, 0.25) is 5.91 Å². The number of hydrogen-bond acceptors (Lipinski definition) is 2. The highest BCUT2D eigenvalue weighted by Gasteiger charge is 2.33. The summed E-state index contributed by atoms with van der Waals surface area (Å²) < 4.78 is 5.94. The largest absolute Gasteiger partial charge is 0.493 e. The van der Waals surface area contributed by atoms with Gasteiger partial charge in [0.25, 0.3) is 0 Å². The summed E-state index contributed by atoms with van der Waals surface area (Å²) in [5, 5.41) is 0. The molecule has 1 saturated carbocycles. The van der Waals surface area contributed by atoms with E-state index in [2.05, 4.69) is 45.9 Å². The molecule has 0 atom stereocenters. The van der Waals surface area contributed by atoms with E-state index in [4.69, 9.17) is 4.74 Å². The van der Waals surface area contributed by atoms with E-state index in [1.54, 1.807) is 0 Å². The Labute approximate surface area is 153 Å². The first-order valence-corrected chi connectivity index (χ1v) is 9.78. The lowest BCUT2D eigenvalue weighted by Crippen LogP contribution is -2.45. The van der Waals surface area contributed by atoms with Crippen LogP contribution in [0.1, 0.15) is 69.9 Å². The fourth-order valence-electron chi connectivity index (χ4n) is 3.78. The van der Waals surface area contributed by atoms with Crippen LogP contribution in [0.3, 0.4) is 0 Å². The molecule has 25 heavy (non-hydrogen) atoms. The zero-order valence-corrected chi connectivity index (χ0v) is 16.7. The molecule has 1 aliphatic carbocycles. The van der Waals surface area contributed by atoms with Crippen molar-refractivity contribution in [3.05, 3.63) is 29.3 Å². The van der Waals surface area contributed by atoms with Crippen molar-refractivity contribution in [1.29, 1.82) is 0 Å². The first kappa shape index (κ1) is 19.8. The van der Waals surface area contributed by atoms with Crippen LogP contribution in [0.25, 0.3) is 0 Å². The molecule has 0 aliphatic heterocycles. The van der Waals surface area contributed by atoms with Crippen molar-refractivity contribution in [1.82, 2.24) is 4.90 Å². The first-order valence-electron chi connectivity index (χ1n) is 9.78. The van der Waals surface area contributed by atoms with Gasteiger partial charge in [0.1, 0.15) is 5.75 Å². The quantitative estimate of drug-likeness (QED) is 0.629. The summed E-state index contributed by atoms with van der Waals surface area (Å²) in [6.45, 7) is 8.96. The van der Waals surface area contributed by atoms with Crippen LogP contribution >= 0.6 is 0 Å². The zero-order chi connectivity index (χ0) is 18.4. The molecule has 3 heteroatoms. The third-order valence-electron chi connectivity index (χ3n) is 5.57. The average molecular weight is 346 g/mol. The van der Waals surface area contributed by atoms with Gasteiger partial charge in [-0.15, -0.1) is 0 Å². The number of aryl methyl sites for hydroxylation is 2. The molecule has 0 saturated heterocycles. The molecule has 3 nitrogen and oxygen atoms in total. The molecule has 1 aliphatic rings. The smallest absolute Gasteiger partial charge is 0.228 e. The van der Waals surface area contributed by atoms with Crippen molar-refractivity contribution in [2.45, 2.75) is 78.7 Å². The van der Waals surface area contributed by atoms with E-state index in [1.165, 1.54) is 24.8 Å². The maximum Gasteiger partial charge on any atom is 0.228 e. The lowest BCUT2D eigenvalue weighted by molar-refractivity contribution is -0.142. The minimum absolute atomic E-state index is 0.283. The Bertz CT molecular complexity index is 573. The van der Waals surface area contributed by atoms with Gasteiger partial charge in [-0.3, -0.25) is 4.79 Å². The predicted molar refractivity (Wildman–Crippen MR) is 104 cm³/mol. The van der Waals surface area contributed by atoms with E-state index in [-0.39, 0.29) is 11.3 Å². The number of amides is 1. The summed E-state index contributed by atoms with van der Waals surface area (Å²) in [6, 6.07) is 6.72. The summed E-state index contributed by atoms with van der Waals surface area (Å²) in [4.78, 5) is 14.9. The van der Waals surface area contributed by atoms with Crippen molar-refractivity contribution in [3.63, 3.8) is 0 Å². The third-order valence-corrected chi connectivity index (χ3v) is 5.57. The molecular weight excluding hydrogens is 310 g/mol. The fraction of sp³-hybridized carbons (Fsp3) is 0.682. The Morgan fingerprint density at radius 3 is 2.56 bits per heavy atom. The topological polar surface area (TPSA) is 29.5 Å². The third kappa shape index (κ3) is 5.49. The molecule has 0 unspecified atom stereocenters. The number of carbonyl (C=O) groups is 1. The average Bonchev–Trinajstić information content (AvgIpc) is 2.61. The normalized spacial score (nSPS) is 15.9. The molecule has 1 amide bonds. The lowest BCUT2D eigenvalue weighted by Gasteiger charge is -2.36. The van der Waals surface area contributed by atoms with Gasteiger partial charge in [0.15, 0.2) is 0 Å². The Balaban J connectivity index is 1.81. The van der Waals surface area contributed by atoms with Crippen LogP contribution in [0.5, 0.6) is 5.75 Å². The minimum Gasteiger partial charge on any atom is -0.493 e. The van der Waals surface area contributed by atoms with E-state index in [1.807, 2.05) is 11.9 Å². The van der Waals surface area contributed by atoms with Crippen LogP contribution in [0, 0.1) is 19.3 Å². The van der Waals surface area contributed by atoms with Gasteiger partial charge >= 0.3 is 0 Å². The molecule has 2 rings (SSSR count). The second-order valence-electron chi connectivity index (χ2n) is 8.31. The molecule has 0 aromatic heterocycles. The van der Waals surface area contributed by atoms with Gasteiger partial charge in [0, 0.05) is 18.5 Å². The predicted octanol–water partition coefficient (Wildman–Crippen LogP) is 5.28. The molecule has 0 heterocycles. The summed E-state index contributed by atoms with van der Waals surface area (Å²) in [5.41, 5.74) is 2.06. The van der Waals surface area contributed by atoms with Crippen LogP contribution in [-0.2, 0) is 4.79 Å². The molecule has 1 aromatic carbocycles. The van der Waals surface area contributed by atoms with Gasteiger partial charge < -0.3 is 9.64 Å². The molecule has 0 spiro atoms. The van der Waals surface area contributed by atoms with Crippen molar-refractivity contribution < 1.29 is 9.53 Å². The Kier molecular flexibility index (Phi) is 6.92. The number of nitrogens with zero attached hydrogens (tertiary/aromatic N) is 1. The van der Waals surface area contributed by atoms with Gasteiger partial charge in [-0.2, -0.15) is 0 Å². The Hall–Kier alpha value is -1.51. The molecule has 0 radical (unpaired) electrons. The number of ether oxygens (including phenoxy) is 1. The summed E-state index contributed by atoms with van der Waals surface area (Å²) in [6.07, 6.45) is 7.90. The van der Waals surface area contributed by atoms with E-state index in [0.29, 0.717) is 12.6 Å². The Morgan fingerprint density at radius 1 is 1.20 bits per heavy atom. The first-order chi connectivity index (χ1) is 11.8. The monoisotopic (exact) mass is 345 g/mol. The lowest BCUT2D eigenvalue weighted by atomic mass is 9.84. The number of benzene rings is 1. The van der Waals surface area contributed by atoms with E-state index in [9.17, 15) is 4.79 Å². The van der Waals surface area contributed by atoms with E-state index >= 15 is 0 Å². The number of carbonyl (C=O) groups excluding carboxylic acids is 1. The highest BCUT2D eigenvalue weighted by Crippen LogP contribution is 2.29. The van der Waals surface area contributed by atoms with Crippen LogP contribution in [-0.4, -0.2) is 30.5 Å². The molecule has 140 valence electrons. The summed E-state index contributed by atoms with van der Waals surface area (Å²) in [5.74, 6) is 1.24. The van der Waals surface area contributed by atoms with Crippen LogP contribution in [0.15, 0.2) is 18.2 Å². The number of rotatable bonds is 7. The standard InChI is InChI=1S/C22H35NO2/c1-17-12-13-18(2)20(16-17)25-15-9-14-22(3,4)21(24)23(5)19-10-7-6-8-11-19/h12-13,16,19H,6-11,14-15H2,1-5H3. The van der Waals surface area contributed by atoms with Gasteiger partial charge in [-0.1, -0.05) is 45.2 Å². The molecule has 1 aromatic rings. The van der Waals surface area contributed by atoms with E-state index < -0.39 is 0 Å². The molecule has 1 fully saturated rings. The highest BCUT2D eigenvalue weighted by molar-refractivity contribution is 5.82. The van der Waals surface area contributed by atoms with Crippen molar-refractivity contribution in [2.24, 2.45) is 5.41 Å². The SMILES string of the molecule is Cc1ccc(C)c(OCCCC(C)(C)C(=O)N(C)C2CCCCC2)c1. The zero-order valence-electron chi connectivity index (χ0n) is 16.7. The Morgan fingerprint density at radius 2 is 1.88 bits per heavy atom. The van der Waals surface area contributed by atoms with Crippen molar-refractivity contribution in [3.8, 4) is 5.75 Å². The van der Waals surface area contributed by atoms with E-state index in [0.717, 1.165) is 37.0 Å². The van der Waals surface area contributed by atoms with Crippen molar-refractivity contribution in [2.75, 3.05) is 13.7 Å². The summed E-state index contributed by atoms with van der Waals surface area (Å²) in [7, 11) is 1.99. The van der Waals surface area contributed by atoms with Crippen LogP contribution in [0.4, 0.5) is 0 Å². The maximum absolute atomic E-state index is 12.9. The van der Waals surface area contributed by atoms with Crippen LogP contribution < -0.4 is 4.74 Å². The van der Waals surface area contributed by atoms with Crippen LogP contribution in [0.2, 0.25) is 0 Å². The summed E-state index contributed by atoms with van der Waals surface area (Å²) >= 11 is 0. The maximum atomic E-state index is 12.9. The van der Waals surface area contributed by atoms with Gasteiger partial charge in [-0.25, -0.2) is 0 Å². The van der Waals surface area contributed by atoms with Gasteiger partial charge in [0.05, 0.1) is 6.61 Å². The second-order valence-corrected chi connectivity index (χ2v) is 8.31. The van der Waals surface area contributed by atoms with Crippen molar-refractivity contribution >= 4 is 5.91 Å². The fourth-order valence-corrected chi connectivity index (χ4v) is 3.78. The van der Waals surface area contributed by atoms with Gasteiger partial charge in [-0.05, 0) is 56.7 Å². The molecular formula is C22H35NO2. The minimum atomic E-state index is -0.322. The highest BCUT2D eigenvalue weighted by atomic mass is 16.5.